The lowest BCUT2D eigenvalue weighted by molar-refractivity contribution is -0.134. The minimum atomic E-state index is -1.43. The van der Waals surface area contributed by atoms with Crippen molar-refractivity contribution in [3.05, 3.63) is 115 Å². The lowest BCUT2D eigenvalue weighted by Gasteiger charge is -2.37. The predicted molar refractivity (Wildman–Crippen MR) is 202 cm³/mol. The number of hydrogen-bond donors (Lipinski definition) is 3. The van der Waals surface area contributed by atoms with Crippen molar-refractivity contribution in [3.63, 3.8) is 0 Å². The number of carbonyl (C=O) groups is 4. The van der Waals surface area contributed by atoms with Crippen molar-refractivity contribution in [2.45, 2.75) is 64.4 Å². The first-order valence-electron chi connectivity index (χ1n) is 17.7. The molecule has 13 heteroatoms. The quantitative estimate of drug-likeness (QED) is 0.179. The molecule has 53 heavy (non-hydrogen) atoms. The third kappa shape index (κ3) is 10.9. The van der Waals surface area contributed by atoms with Crippen molar-refractivity contribution < 1.29 is 28.7 Å². The molecule has 4 amide bonds. The topological polar surface area (TPSA) is 147 Å². The fraction of sp³-hybridized carbons (Fsp3) is 0.375. The molecule has 3 N–H and O–H groups in total. The molecule has 0 aliphatic carbocycles. The molecule has 1 fully saturated rings. The molecule has 0 bridgehead atoms. The summed E-state index contributed by atoms with van der Waals surface area (Å²) in [6.45, 7) is 10.7. The highest BCUT2D eigenvalue weighted by Crippen LogP contribution is 2.25. The van der Waals surface area contributed by atoms with Gasteiger partial charge >= 0.3 is 6.09 Å². The van der Waals surface area contributed by atoms with Crippen LogP contribution in [0.4, 0.5) is 16.3 Å². The Labute approximate surface area is 310 Å². The number of imidazole rings is 1. The van der Waals surface area contributed by atoms with Gasteiger partial charge in [0.25, 0.3) is 5.91 Å². The average molecular weight is 724 g/mol. The summed E-state index contributed by atoms with van der Waals surface area (Å²) in [6, 6.07) is 27.1. The van der Waals surface area contributed by atoms with Crippen molar-refractivity contribution in [2.24, 2.45) is 0 Å². The second kappa shape index (κ2) is 17.2. The number of aromatic nitrogens is 2. The Bertz CT molecular complexity index is 1820. The van der Waals surface area contributed by atoms with Gasteiger partial charge < -0.3 is 39.8 Å². The van der Waals surface area contributed by atoms with Crippen LogP contribution in [0, 0.1) is 0 Å². The van der Waals surface area contributed by atoms with Gasteiger partial charge in [-0.05, 0) is 57.9 Å². The molecule has 4 aromatic rings. The molecular weight excluding hydrogens is 674 g/mol. The van der Waals surface area contributed by atoms with Gasteiger partial charge in [-0.15, -0.1) is 0 Å². The van der Waals surface area contributed by atoms with E-state index in [1.165, 1.54) is 20.2 Å². The normalized spacial score (nSPS) is 14.5. The molecule has 1 saturated heterocycles. The number of ether oxygens (including phenoxy) is 2. The van der Waals surface area contributed by atoms with Gasteiger partial charge in [0.05, 0.1) is 19.5 Å². The Kier molecular flexibility index (Phi) is 12.5. The van der Waals surface area contributed by atoms with E-state index in [0.29, 0.717) is 26.2 Å². The van der Waals surface area contributed by atoms with Gasteiger partial charge in [0, 0.05) is 38.1 Å². The maximum absolute atomic E-state index is 14.2. The maximum Gasteiger partial charge on any atom is 0.408 e. The van der Waals surface area contributed by atoms with E-state index in [9.17, 15) is 19.2 Å². The van der Waals surface area contributed by atoms with Crippen LogP contribution in [0.15, 0.2) is 104 Å². The van der Waals surface area contributed by atoms with Gasteiger partial charge in [0.2, 0.25) is 11.8 Å². The van der Waals surface area contributed by atoms with Crippen molar-refractivity contribution in [3.8, 4) is 0 Å². The number of nitrogens with zero attached hydrogens (tertiary/aromatic N) is 4. The molecule has 5 rings (SSSR count). The Hall–Kier alpha value is -5.69. The number of piperazine rings is 1. The van der Waals surface area contributed by atoms with E-state index in [0.717, 1.165) is 16.8 Å². The van der Waals surface area contributed by atoms with Crippen LogP contribution in [0.1, 0.15) is 51.8 Å². The monoisotopic (exact) mass is 723 g/mol. The van der Waals surface area contributed by atoms with Crippen molar-refractivity contribution in [1.82, 2.24) is 25.1 Å². The highest BCUT2D eigenvalue weighted by atomic mass is 16.6. The van der Waals surface area contributed by atoms with Crippen molar-refractivity contribution >= 4 is 35.3 Å². The number of para-hydroxylation sites is 1. The average Bonchev–Trinajstić information content (AvgIpc) is 3.59. The highest BCUT2D eigenvalue weighted by molar-refractivity contribution is 5.98. The number of benzene rings is 3. The van der Waals surface area contributed by atoms with Crippen LogP contribution in [0.25, 0.3) is 0 Å². The summed E-state index contributed by atoms with van der Waals surface area (Å²) in [7, 11) is 0. The van der Waals surface area contributed by atoms with Crippen LogP contribution >= 0.6 is 0 Å². The zero-order chi connectivity index (χ0) is 38.0. The molecule has 280 valence electrons. The SMILES string of the molecule is CC(C)(C)OC(=O)NC(C)(C)C(=O)N[C@H](COCc1ccccc1)C(=O)Nc1cn(C(C(=O)N2CCN(c3ccccc3)CC2)c2ccccc2)cn1. The van der Waals surface area contributed by atoms with Crippen LogP contribution in [-0.4, -0.2) is 88.2 Å². The fourth-order valence-electron chi connectivity index (χ4n) is 5.84. The molecule has 0 spiro atoms. The van der Waals surface area contributed by atoms with E-state index in [1.54, 1.807) is 31.5 Å². The van der Waals surface area contributed by atoms with Gasteiger partial charge in [-0.3, -0.25) is 14.4 Å². The number of hydrogen-bond acceptors (Lipinski definition) is 8. The summed E-state index contributed by atoms with van der Waals surface area (Å²) in [4.78, 5) is 62.4. The Morgan fingerprint density at radius 1 is 0.811 bits per heavy atom. The van der Waals surface area contributed by atoms with E-state index in [1.807, 2.05) is 83.8 Å². The first kappa shape index (κ1) is 38.5. The van der Waals surface area contributed by atoms with E-state index >= 15 is 0 Å². The zero-order valence-corrected chi connectivity index (χ0v) is 31.0. The van der Waals surface area contributed by atoms with Crippen molar-refractivity contribution in [1.29, 1.82) is 0 Å². The van der Waals surface area contributed by atoms with Crippen LogP contribution in [0.2, 0.25) is 0 Å². The molecule has 13 nitrogen and oxygen atoms in total. The lowest BCUT2D eigenvalue weighted by atomic mass is 10.0. The van der Waals surface area contributed by atoms with Crippen LogP contribution < -0.4 is 20.9 Å². The zero-order valence-electron chi connectivity index (χ0n) is 31.0. The minimum Gasteiger partial charge on any atom is -0.444 e. The van der Waals surface area contributed by atoms with Crippen LogP contribution in [0.5, 0.6) is 0 Å². The lowest BCUT2D eigenvalue weighted by Crippen LogP contribution is -2.59. The third-order valence-electron chi connectivity index (χ3n) is 8.61. The summed E-state index contributed by atoms with van der Waals surface area (Å²) in [5.41, 5.74) is 0.587. The maximum atomic E-state index is 14.2. The van der Waals surface area contributed by atoms with Crippen LogP contribution in [0.3, 0.4) is 0 Å². The summed E-state index contributed by atoms with van der Waals surface area (Å²) in [5.74, 6) is -1.12. The molecule has 2 atom stereocenters. The second-order valence-corrected chi connectivity index (χ2v) is 14.4. The van der Waals surface area contributed by atoms with Gasteiger partial charge in [0.15, 0.2) is 5.82 Å². The van der Waals surface area contributed by atoms with Crippen LogP contribution in [-0.2, 0) is 30.5 Å². The van der Waals surface area contributed by atoms with Gasteiger partial charge in [-0.2, -0.15) is 0 Å². The molecule has 0 radical (unpaired) electrons. The summed E-state index contributed by atoms with van der Waals surface area (Å²) < 4.78 is 12.9. The van der Waals surface area contributed by atoms with Gasteiger partial charge in [-0.1, -0.05) is 78.9 Å². The molecule has 1 unspecified atom stereocenters. The van der Waals surface area contributed by atoms with E-state index in [2.05, 4.69) is 38.0 Å². The summed E-state index contributed by atoms with van der Waals surface area (Å²) in [5, 5.41) is 8.07. The van der Waals surface area contributed by atoms with Gasteiger partial charge in [0.1, 0.15) is 23.2 Å². The number of carbonyl (C=O) groups excluding carboxylic acids is 4. The summed E-state index contributed by atoms with van der Waals surface area (Å²) >= 11 is 0. The number of alkyl carbamates (subject to hydrolysis) is 1. The van der Waals surface area contributed by atoms with E-state index in [4.69, 9.17) is 9.47 Å². The molecular formula is C40H49N7O6. The Balaban J connectivity index is 1.30. The first-order valence-corrected chi connectivity index (χ1v) is 17.7. The molecule has 1 aliphatic rings. The first-order chi connectivity index (χ1) is 25.3. The molecule has 3 aromatic carbocycles. The van der Waals surface area contributed by atoms with E-state index in [-0.39, 0.29) is 24.9 Å². The fourth-order valence-corrected chi connectivity index (χ4v) is 5.84. The smallest absolute Gasteiger partial charge is 0.408 e. The predicted octanol–water partition coefficient (Wildman–Crippen LogP) is 4.76. The van der Waals surface area contributed by atoms with Crippen molar-refractivity contribution in [2.75, 3.05) is 43.0 Å². The second-order valence-electron chi connectivity index (χ2n) is 14.4. The molecule has 1 aromatic heterocycles. The number of rotatable bonds is 13. The molecule has 1 aliphatic heterocycles. The molecule has 0 saturated carbocycles. The summed E-state index contributed by atoms with van der Waals surface area (Å²) in [6.07, 6.45) is 2.34. The Morgan fingerprint density at radius 3 is 2.04 bits per heavy atom. The largest absolute Gasteiger partial charge is 0.444 e. The highest BCUT2D eigenvalue weighted by Gasteiger charge is 2.35. The standard InChI is InChI=1S/C40H49N7O6/c1-39(2,3)53-38(51)44-40(4,5)37(50)42-32(27-52-26-29-15-9-6-10-16-29)35(48)43-33-25-47(28-41-33)34(30-17-11-7-12-18-30)36(49)46-23-21-45(22-24-46)31-19-13-8-14-20-31/h6-20,25,28,32,34H,21-24,26-27H2,1-5H3,(H,42,50)(H,43,48)(H,44,51)/t32-,34?/m1/s1. The Morgan fingerprint density at radius 2 is 1.42 bits per heavy atom. The molecule has 2 heterocycles. The number of anilines is 2. The van der Waals surface area contributed by atoms with E-state index < -0.39 is 41.1 Å². The number of amides is 4. The number of nitrogens with one attached hydrogen (secondary N) is 3. The third-order valence-corrected chi connectivity index (χ3v) is 8.61. The minimum absolute atomic E-state index is 0.0849. The van der Waals surface area contributed by atoms with Gasteiger partial charge in [-0.25, -0.2) is 9.78 Å².